The summed E-state index contributed by atoms with van der Waals surface area (Å²) in [4.78, 5) is 11.4. The fourth-order valence-electron chi connectivity index (χ4n) is 1.77. The third-order valence-corrected chi connectivity index (χ3v) is 3.20. The Balaban J connectivity index is 2.41. The molecule has 0 aliphatic heterocycles. The SMILES string of the molecule is CSCCC(=O)NC1(C#N)CCCC1. The molecule has 1 N–H and O–H groups in total. The Hall–Kier alpha value is -0.690. The van der Waals surface area contributed by atoms with Crippen LogP contribution in [0.15, 0.2) is 0 Å². The van der Waals surface area contributed by atoms with Crippen molar-refractivity contribution >= 4 is 17.7 Å². The van der Waals surface area contributed by atoms with Crippen molar-refractivity contribution in [3.05, 3.63) is 0 Å². The highest BCUT2D eigenvalue weighted by Crippen LogP contribution is 2.28. The average Bonchev–Trinajstić information content (AvgIpc) is 2.64. The summed E-state index contributed by atoms with van der Waals surface area (Å²) in [6.07, 6.45) is 6.23. The van der Waals surface area contributed by atoms with Crippen molar-refractivity contribution in [3.8, 4) is 6.07 Å². The molecule has 0 aromatic carbocycles. The minimum absolute atomic E-state index is 0.0165. The molecule has 0 heterocycles. The van der Waals surface area contributed by atoms with Crippen molar-refractivity contribution in [2.45, 2.75) is 37.6 Å². The van der Waals surface area contributed by atoms with Gasteiger partial charge in [0.25, 0.3) is 0 Å². The van der Waals surface area contributed by atoms with Gasteiger partial charge in [-0.15, -0.1) is 0 Å². The number of rotatable bonds is 4. The van der Waals surface area contributed by atoms with Gasteiger partial charge in [-0.2, -0.15) is 17.0 Å². The summed E-state index contributed by atoms with van der Waals surface area (Å²) in [5, 5.41) is 11.9. The maximum Gasteiger partial charge on any atom is 0.222 e. The van der Waals surface area contributed by atoms with E-state index in [0.29, 0.717) is 6.42 Å². The van der Waals surface area contributed by atoms with Crippen molar-refractivity contribution in [3.63, 3.8) is 0 Å². The Morgan fingerprint density at radius 2 is 2.21 bits per heavy atom. The number of nitrogens with one attached hydrogen (secondary N) is 1. The lowest BCUT2D eigenvalue weighted by molar-refractivity contribution is -0.122. The van der Waals surface area contributed by atoms with E-state index < -0.39 is 5.54 Å². The minimum atomic E-state index is -0.546. The van der Waals surface area contributed by atoms with E-state index in [9.17, 15) is 4.79 Å². The summed E-state index contributed by atoms with van der Waals surface area (Å²) in [5.74, 6) is 0.843. The van der Waals surface area contributed by atoms with Gasteiger partial charge in [0, 0.05) is 12.2 Å². The lowest BCUT2D eigenvalue weighted by Gasteiger charge is -2.21. The number of thioether (sulfide) groups is 1. The van der Waals surface area contributed by atoms with Crippen LogP contribution in [0.3, 0.4) is 0 Å². The summed E-state index contributed by atoms with van der Waals surface area (Å²) in [7, 11) is 0. The van der Waals surface area contributed by atoms with Crippen LogP contribution in [-0.2, 0) is 4.79 Å². The Kier molecular flexibility index (Phi) is 4.27. The molecule has 4 heteroatoms. The van der Waals surface area contributed by atoms with Crippen LogP contribution in [0.25, 0.3) is 0 Å². The molecule has 1 aliphatic carbocycles. The van der Waals surface area contributed by atoms with Crippen molar-refractivity contribution < 1.29 is 4.79 Å². The van der Waals surface area contributed by atoms with Gasteiger partial charge < -0.3 is 5.32 Å². The van der Waals surface area contributed by atoms with Crippen LogP contribution in [0.1, 0.15) is 32.1 Å². The normalized spacial score (nSPS) is 18.9. The van der Waals surface area contributed by atoms with Gasteiger partial charge in [0.15, 0.2) is 0 Å². The molecular weight excluding hydrogens is 196 g/mol. The van der Waals surface area contributed by atoms with Gasteiger partial charge in [-0.25, -0.2) is 0 Å². The van der Waals surface area contributed by atoms with E-state index in [1.807, 2.05) is 6.26 Å². The summed E-state index contributed by atoms with van der Waals surface area (Å²) in [6, 6.07) is 2.25. The van der Waals surface area contributed by atoms with Gasteiger partial charge >= 0.3 is 0 Å². The summed E-state index contributed by atoms with van der Waals surface area (Å²) in [5.41, 5.74) is -0.546. The second-order valence-corrected chi connectivity index (χ2v) is 4.68. The molecule has 0 saturated heterocycles. The number of hydrogen-bond donors (Lipinski definition) is 1. The van der Waals surface area contributed by atoms with E-state index in [4.69, 9.17) is 5.26 Å². The van der Waals surface area contributed by atoms with Gasteiger partial charge in [0.1, 0.15) is 5.54 Å². The molecule has 1 fully saturated rings. The van der Waals surface area contributed by atoms with Crippen molar-refractivity contribution in [1.82, 2.24) is 5.32 Å². The molecule has 0 aromatic heterocycles. The van der Waals surface area contributed by atoms with Crippen LogP contribution < -0.4 is 5.32 Å². The van der Waals surface area contributed by atoms with E-state index in [-0.39, 0.29) is 5.91 Å². The molecule has 0 unspecified atom stereocenters. The topological polar surface area (TPSA) is 52.9 Å². The van der Waals surface area contributed by atoms with Crippen molar-refractivity contribution in [2.24, 2.45) is 0 Å². The van der Waals surface area contributed by atoms with E-state index in [2.05, 4.69) is 11.4 Å². The molecular formula is C10H16N2OS. The van der Waals surface area contributed by atoms with E-state index in [1.54, 1.807) is 11.8 Å². The third kappa shape index (κ3) is 2.91. The summed E-state index contributed by atoms with van der Waals surface area (Å²) >= 11 is 1.65. The molecule has 0 spiro atoms. The Morgan fingerprint density at radius 3 is 2.71 bits per heavy atom. The van der Waals surface area contributed by atoms with Gasteiger partial charge in [-0.3, -0.25) is 4.79 Å². The van der Waals surface area contributed by atoms with Crippen LogP contribution in [0.2, 0.25) is 0 Å². The van der Waals surface area contributed by atoms with Crippen LogP contribution in [-0.4, -0.2) is 23.5 Å². The lowest BCUT2D eigenvalue weighted by atomic mass is 10.00. The largest absolute Gasteiger partial charge is 0.338 e. The first-order chi connectivity index (χ1) is 6.72. The second-order valence-electron chi connectivity index (χ2n) is 3.69. The number of hydrogen-bond acceptors (Lipinski definition) is 3. The maximum absolute atomic E-state index is 11.4. The molecule has 14 heavy (non-hydrogen) atoms. The fourth-order valence-corrected chi connectivity index (χ4v) is 2.16. The van der Waals surface area contributed by atoms with Gasteiger partial charge in [0.05, 0.1) is 6.07 Å². The summed E-state index contributed by atoms with van der Waals surface area (Å²) < 4.78 is 0. The smallest absolute Gasteiger partial charge is 0.222 e. The monoisotopic (exact) mass is 212 g/mol. The summed E-state index contributed by atoms with van der Waals surface area (Å²) in [6.45, 7) is 0. The number of nitriles is 1. The van der Waals surface area contributed by atoms with Crippen LogP contribution in [0.4, 0.5) is 0 Å². The molecule has 1 rings (SSSR count). The zero-order valence-electron chi connectivity index (χ0n) is 8.51. The van der Waals surface area contributed by atoms with Crippen molar-refractivity contribution in [2.75, 3.05) is 12.0 Å². The quantitative estimate of drug-likeness (QED) is 0.771. The number of nitrogens with zero attached hydrogens (tertiary/aromatic N) is 1. The first-order valence-corrected chi connectivity index (χ1v) is 6.33. The molecule has 0 radical (unpaired) electrons. The van der Waals surface area contributed by atoms with E-state index in [0.717, 1.165) is 31.4 Å². The zero-order valence-corrected chi connectivity index (χ0v) is 9.32. The van der Waals surface area contributed by atoms with Crippen LogP contribution >= 0.6 is 11.8 Å². The number of amides is 1. The molecule has 1 aliphatic rings. The lowest BCUT2D eigenvalue weighted by Crippen LogP contribution is -2.45. The molecule has 3 nitrogen and oxygen atoms in total. The van der Waals surface area contributed by atoms with Crippen molar-refractivity contribution in [1.29, 1.82) is 5.26 Å². The average molecular weight is 212 g/mol. The van der Waals surface area contributed by atoms with Crippen LogP contribution in [0.5, 0.6) is 0 Å². The predicted octanol–water partition coefficient (Wildman–Crippen LogP) is 1.69. The van der Waals surface area contributed by atoms with E-state index >= 15 is 0 Å². The first kappa shape index (κ1) is 11.4. The Morgan fingerprint density at radius 1 is 1.57 bits per heavy atom. The highest BCUT2D eigenvalue weighted by molar-refractivity contribution is 7.98. The Bertz CT molecular complexity index is 241. The van der Waals surface area contributed by atoms with Gasteiger partial charge in [-0.1, -0.05) is 0 Å². The predicted molar refractivity (Wildman–Crippen MR) is 58.0 cm³/mol. The van der Waals surface area contributed by atoms with Gasteiger partial charge in [-0.05, 0) is 31.9 Å². The minimum Gasteiger partial charge on any atom is -0.338 e. The number of carbonyl (C=O) groups excluding carboxylic acids is 1. The standard InChI is InChI=1S/C10H16N2OS/c1-14-7-4-9(13)12-10(8-11)5-2-3-6-10/h2-7H2,1H3,(H,12,13). The molecule has 0 atom stereocenters. The Labute approximate surface area is 89.2 Å². The fraction of sp³-hybridized carbons (Fsp3) is 0.800. The first-order valence-electron chi connectivity index (χ1n) is 4.94. The molecule has 78 valence electrons. The molecule has 0 aromatic rings. The second kappa shape index (κ2) is 5.26. The highest BCUT2D eigenvalue weighted by Gasteiger charge is 2.34. The third-order valence-electron chi connectivity index (χ3n) is 2.58. The molecule has 1 saturated carbocycles. The van der Waals surface area contributed by atoms with Gasteiger partial charge in [0.2, 0.25) is 5.91 Å². The molecule has 0 bridgehead atoms. The number of carbonyl (C=O) groups is 1. The van der Waals surface area contributed by atoms with E-state index in [1.165, 1.54) is 0 Å². The maximum atomic E-state index is 11.4. The zero-order chi connectivity index (χ0) is 10.4. The highest BCUT2D eigenvalue weighted by atomic mass is 32.2. The van der Waals surface area contributed by atoms with Crippen LogP contribution in [0, 0.1) is 11.3 Å². The molecule has 1 amide bonds.